The zero-order chi connectivity index (χ0) is 45.3. The first-order valence-electron chi connectivity index (χ1n) is 21.1. The molecule has 330 valence electrons. The summed E-state index contributed by atoms with van der Waals surface area (Å²) < 4.78 is 0. The van der Waals surface area contributed by atoms with Gasteiger partial charge < -0.3 is 33.1 Å². The second-order valence-electron chi connectivity index (χ2n) is 19.1. The van der Waals surface area contributed by atoms with Gasteiger partial charge in [-0.05, 0) is 85.0 Å². The maximum Gasteiger partial charge on any atom is 0.411 e. The number of nitrogen functional groups attached to an aromatic ring is 2. The van der Waals surface area contributed by atoms with E-state index in [1.807, 2.05) is 9.80 Å². The van der Waals surface area contributed by atoms with Crippen LogP contribution in [0.1, 0.15) is 119 Å². The highest BCUT2D eigenvalue weighted by Gasteiger charge is 2.67. The highest BCUT2D eigenvalue weighted by Crippen LogP contribution is 2.60. The molecule has 2 heterocycles. The van der Waals surface area contributed by atoms with Crippen molar-refractivity contribution in [2.24, 2.45) is 11.5 Å². The fourth-order valence-electron chi connectivity index (χ4n) is 12.2. The molecule has 2 fully saturated rings. The van der Waals surface area contributed by atoms with Gasteiger partial charge in [-0.2, -0.15) is 0 Å². The summed E-state index contributed by atoms with van der Waals surface area (Å²) in [4.78, 5) is 84.6. The van der Waals surface area contributed by atoms with Crippen molar-refractivity contribution >= 4 is 47.2 Å². The number of carboxylic acid groups (broad SMARTS) is 2. The van der Waals surface area contributed by atoms with Gasteiger partial charge in [-0.15, -0.1) is 0 Å². The van der Waals surface area contributed by atoms with Gasteiger partial charge in [0.2, 0.25) is 11.8 Å². The van der Waals surface area contributed by atoms with Crippen LogP contribution in [-0.2, 0) is 46.5 Å². The molecule has 0 aromatic heterocycles. The van der Waals surface area contributed by atoms with Gasteiger partial charge in [-0.25, -0.2) is 9.59 Å². The monoisotopic (exact) mass is 850 g/mol. The van der Waals surface area contributed by atoms with Gasteiger partial charge in [-0.1, -0.05) is 83.1 Å². The molecule has 4 bridgehead atoms. The van der Waals surface area contributed by atoms with Crippen LogP contribution < -0.4 is 33.6 Å². The Morgan fingerprint density at radius 2 is 1.16 bits per heavy atom. The first-order chi connectivity index (χ1) is 29.0. The van der Waals surface area contributed by atoms with Crippen LogP contribution in [0.4, 0.5) is 21.0 Å². The number of amides is 6. The Hall–Kier alpha value is -6.00. The molecule has 0 saturated carbocycles. The Balaban J connectivity index is 1.43. The molecule has 6 aliphatic rings. The van der Waals surface area contributed by atoms with Crippen LogP contribution in [0.15, 0.2) is 60.7 Å². The lowest BCUT2D eigenvalue weighted by Gasteiger charge is -2.58. The van der Waals surface area contributed by atoms with E-state index >= 15 is 0 Å². The summed E-state index contributed by atoms with van der Waals surface area (Å²) in [5, 5.41) is 24.4. The first-order valence-corrected chi connectivity index (χ1v) is 21.1. The molecule has 7 atom stereocenters. The molecular formula is C46H58N8O8. The molecule has 2 saturated heterocycles. The molecule has 12 N–H and O–H groups in total. The summed E-state index contributed by atoms with van der Waals surface area (Å²) in [6.07, 6.45) is -0.991. The van der Waals surface area contributed by atoms with Crippen molar-refractivity contribution in [1.82, 2.24) is 20.4 Å². The molecule has 2 aliphatic heterocycles. The van der Waals surface area contributed by atoms with Gasteiger partial charge in [0.05, 0.1) is 0 Å². The number of nitrogens with one attached hydrogen (secondary N) is 2. The van der Waals surface area contributed by atoms with Crippen molar-refractivity contribution in [3.8, 4) is 0 Å². The Morgan fingerprint density at radius 3 is 1.60 bits per heavy atom. The number of benzene rings is 3. The fourth-order valence-corrected chi connectivity index (χ4v) is 12.2. The lowest BCUT2D eigenvalue weighted by atomic mass is 9.55. The van der Waals surface area contributed by atoms with Gasteiger partial charge in [0.15, 0.2) is 0 Å². The van der Waals surface area contributed by atoms with Gasteiger partial charge in [0.1, 0.15) is 11.1 Å². The number of imide groups is 2. The van der Waals surface area contributed by atoms with Gasteiger partial charge in [-0.3, -0.25) is 39.6 Å². The second kappa shape index (κ2) is 15.4. The van der Waals surface area contributed by atoms with E-state index in [4.69, 9.17) is 22.9 Å². The van der Waals surface area contributed by atoms with Gasteiger partial charge in [0, 0.05) is 64.2 Å². The van der Waals surface area contributed by atoms with Crippen LogP contribution in [0.2, 0.25) is 0 Å². The lowest BCUT2D eigenvalue weighted by Crippen LogP contribution is -2.70. The SMILES string of the molecule is CC(C)(C)c1ccc(C(CC2CCCN2[C@]2(C(=O)NC(=O)O)c3ccc(cc3N)C2(C)CC(N)=O)C2CCCN2[C@]2(C(=O)NC(=O)O)c3ccc(cc3N)C2(C)CC(N)=O)cc1. The number of hydrogen-bond donors (Lipinski definition) is 8. The predicted octanol–water partition coefficient (Wildman–Crippen LogP) is 4.22. The third kappa shape index (κ3) is 6.57. The molecule has 3 aromatic carbocycles. The maximum atomic E-state index is 15.0. The summed E-state index contributed by atoms with van der Waals surface area (Å²) in [6, 6.07) is 17.8. The summed E-state index contributed by atoms with van der Waals surface area (Å²) in [6.45, 7) is 10.5. The quantitative estimate of drug-likeness (QED) is 0.119. The summed E-state index contributed by atoms with van der Waals surface area (Å²) >= 11 is 0. The molecular weight excluding hydrogens is 793 g/mol. The van der Waals surface area contributed by atoms with Crippen LogP contribution in [0.25, 0.3) is 0 Å². The molecule has 6 amide bonds. The van der Waals surface area contributed by atoms with E-state index in [0.717, 1.165) is 11.1 Å². The summed E-state index contributed by atoms with van der Waals surface area (Å²) in [5.41, 5.74) is 23.2. The Labute approximate surface area is 360 Å². The minimum absolute atomic E-state index is 0.179. The highest BCUT2D eigenvalue weighted by molar-refractivity contribution is 6.02. The number of nitrogens with two attached hydrogens (primary N) is 4. The van der Waals surface area contributed by atoms with Crippen molar-refractivity contribution in [2.45, 2.75) is 125 Å². The zero-order valence-corrected chi connectivity index (χ0v) is 35.9. The number of carbonyl (C=O) groups excluding carboxylic acids is 4. The Morgan fingerprint density at radius 1 is 0.710 bits per heavy atom. The molecule has 9 rings (SSSR count). The third-order valence-electron chi connectivity index (χ3n) is 14.6. The summed E-state index contributed by atoms with van der Waals surface area (Å²) in [7, 11) is 0. The van der Waals surface area contributed by atoms with E-state index in [1.165, 1.54) is 0 Å². The van der Waals surface area contributed by atoms with Crippen molar-refractivity contribution in [1.29, 1.82) is 0 Å². The van der Waals surface area contributed by atoms with E-state index in [0.29, 0.717) is 67.4 Å². The van der Waals surface area contributed by atoms with Gasteiger partial charge in [0.25, 0.3) is 11.8 Å². The molecule has 0 spiro atoms. The number of anilines is 2. The van der Waals surface area contributed by atoms with Crippen LogP contribution >= 0.6 is 0 Å². The number of fused-ring (bicyclic) bond motifs is 6. The predicted molar refractivity (Wildman–Crippen MR) is 232 cm³/mol. The van der Waals surface area contributed by atoms with Crippen molar-refractivity contribution < 1.29 is 39.0 Å². The first kappa shape index (κ1) is 44.1. The number of rotatable bonds is 12. The molecule has 62 heavy (non-hydrogen) atoms. The van der Waals surface area contributed by atoms with Crippen LogP contribution in [0.3, 0.4) is 0 Å². The fraction of sp³-hybridized carbons (Fsp3) is 0.478. The lowest BCUT2D eigenvalue weighted by molar-refractivity contribution is -0.146. The largest absolute Gasteiger partial charge is 0.465 e. The average molecular weight is 851 g/mol. The van der Waals surface area contributed by atoms with E-state index in [-0.39, 0.29) is 29.6 Å². The normalized spacial score (nSPS) is 28.4. The number of hydrogen-bond acceptors (Lipinski definition) is 10. The molecule has 0 radical (unpaired) electrons. The van der Waals surface area contributed by atoms with E-state index in [9.17, 15) is 39.0 Å². The Kier molecular flexibility index (Phi) is 11.0. The minimum atomic E-state index is -1.80. The average Bonchev–Trinajstić information content (AvgIpc) is 3.84. The molecule has 16 nitrogen and oxygen atoms in total. The molecule has 4 aliphatic carbocycles. The number of primary amides is 2. The molecule has 16 heteroatoms. The maximum absolute atomic E-state index is 15.0. The zero-order valence-electron chi connectivity index (χ0n) is 35.9. The smallest absolute Gasteiger partial charge is 0.411 e. The third-order valence-corrected chi connectivity index (χ3v) is 14.6. The van der Waals surface area contributed by atoms with Crippen molar-refractivity contribution in [3.05, 3.63) is 94.0 Å². The van der Waals surface area contributed by atoms with Crippen LogP contribution in [0.5, 0.6) is 0 Å². The molecule has 5 unspecified atom stereocenters. The molecule has 3 aromatic rings. The van der Waals surface area contributed by atoms with E-state index in [2.05, 4.69) is 55.7 Å². The van der Waals surface area contributed by atoms with Crippen LogP contribution in [0, 0.1) is 0 Å². The van der Waals surface area contributed by atoms with Crippen LogP contribution in [-0.4, -0.2) is 81.0 Å². The topological polar surface area (TPSA) is 278 Å². The second-order valence-corrected chi connectivity index (χ2v) is 19.1. The van der Waals surface area contributed by atoms with Crippen molar-refractivity contribution in [2.75, 3.05) is 24.6 Å². The minimum Gasteiger partial charge on any atom is -0.465 e. The number of carbonyl (C=O) groups is 6. The summed E-state index contributed by atoms with van der Waals surface area (Å²) in [5.74, 6) is -3.48. The Bertz CT molecular complexity index is 2360. The number of nitrogens with zero attached hydrogens (tertiary/aromatic N) is 2. The number of likely N-dealkylation sites (tertiary alicyclic amines) is 2. The standard InChI is InChI=1S/C46H58N8O8/c1-42(2,3)26-12-10-25(11-13-26)30(35-9-7-19-54(35)46(39(58)52-41(61)62)32-17-15-28(21-34(32)48)44(46,5)24-37(50)56)22-29-8-6-18-53(29)45(38(57)51-40(59)60)31-16-14-27(20-33(31)47)43(45,4)23-36(49)55/h10-17,20-21,29-30,35H,6-9,18-19,22-24,47-48H2,1-5H3,(H2,49,55)(H2,50,56)(H,51,57)(H,52,58)(H,59,60)(H,61,62)/t29?,30?,35?,43?,44?,45-,46-/m0/s1. The van der Waals surface area contributed by atoms with E-state index in [1.54, 1.807) is 50.2 Å². The van der Waals surface area contributed by atoms with E-state index < -0.39 is 75.7 Å². The van der Waals surface area contributed by atoms with Gasteiger partial charge >= 0.3 is 12.2 Å². The van der Waals surface area contributed by atoms with Crippen molar-refractivity contribution in [3.63, 3.8) is 0 Å². The highest BCUT2D eigenvalue weighted by atomic mass is 16.4.